The molecule has 22 heavy (non-hydrogen) atoms. The third-order valence-electron chi connectivity index (χ3n) is 5.20. The Balaban J connectivity index is 1.36. The van der Waals surface area contributed by atoms with E-state index in [1.807, 2.05) is 6.07 Å². The second-order valence-corrected chi connectivity index (χ2v) is 6.60. The van der Waals surface area contributed by atoms with Gasteiger partial charge in [-0.25, -0.2) is 9.97 Å². The van der Waals surface area contributed by atoms with Crippen molar-refractivity contribution in [1.29, 1.82) is 0 Å². The second-order valence-electron chi connectivity index (χ2n) is 6.60. The first-order valence-electron chi connectivity index (χ1n) is 8.20. The van der Waals surface area contributed by atoms with Gasteiger partial charge in [-0.15, -0.1) is 0 Å². The van der Waals surface area contributed by atoms with Gasteiger partial charge in [0.1, 0.15) is 0 Å². The van der Waals surface area contributed by atoms with Crippen molar-refractivity contribution in [3.8, 4) is 0 Å². The highest BCUT2D eigenvalue weighted by atomic mass is 16.5. The molecule has 4 rings (SSSR count). The van der Waals surface area contributed by atoms with Crippen molar-refractivity contribution >= 4 is 11.9 Å². The Bertz CT molecular complexity index is 518. The molecule has 0 unspecified atom stereocenters. The van der Waals surface area contributed by atoms with E-state index >= 15 is 0 Å². The molecule has 6 nitrogen and oxygen atoms in total. The minimum absolute atomic E-state index is 0.182. The summed E-state index contributed by atoms with van der Waals surface area (Å²) in [5.74, 6) is 2.47. The number of nitrogens with zero attached hydrogens (tertiary/aromatic N) is 4. The molecular formula is C16H22N4O2. The van der Waals surface area contributed by atoms with Crippen LogP contribution in [0.25, 0.3) is 0 Å². The van der Waals surface area contributed by atoms with Crippen LogP contribution in [0.2, 0.25) is 0 Å². The van der Waals surface area contributed by atoms with Crippen LogP contribution in [-0.2, 0) is 9.53 Å². The Kier molecular flexibility index (Phi) is 3.70. The highest BCUT2D eigenvalue weighted by Crippen LogP contribution is 2.34. The van der Waals surface area contributed by atoms with Gasteiger partial charge in [0.05, 0.1) is 0 Å². The number of hydrogen-bond acceptors (Lipinski definition) is 5. The number of likely N-dealkylation sites (tertiary alicyclic amines) is 1. The van der Waals surface area contributed by atoms with Gasteiger partial charge in [0.2, 0.25) is 11.9 Å². The zero-order valence-electron chi connectivity index (χ0n) is 12.7. The topological polar surface area (TPSA) is 58.6 Å². The lowest BCUT2D eigenvalue weighted by molar-refractivity contribution is -0.137. The van der Waals surface area contributed by atoms with Gasteiger partial charge < -0.3 is 14.5 Å². The first-order valence-corrected chi connectivity index (χ1v) is 8.20. The van der Waals surface area contributed by atoms with Crippen LogP contribution in [0, 0.1) is 17.8 Å². The predicted octanol–water partition coefficient (Wildman–Crippen LogP) is 0.798. The molecule has 3 saturated heterocycles. The summed E-state index contributed by atoms with van der Waals surface area (Å²) >= 11 is 0. The Morgan fingerprint density at radius 2 is 1.68 bits per heavy atom. The molecule has 118 valence electrons. The third-order valence-corrected chi connectivity index (χ3v) is 5.20. The lowest BCUT2D eigenvalue weighted by Crippen LogP contribution is -2.39. The smallest absolute Gasteiger partial charge is 0.225 e. The quantitative estimate of drug-likeness (QED) is 0.809. The van der Waals surface area contributed by atoms with Crippen LogP contribution in [0.5, 0.6) is 0 Å². The maximum Gasteiger partial charge on any atom is 0.225 e. The maximum absolute atomic E-state index is 12.6. The van der Waals surface area contributed by atoms with Gasteiger partial charge in [0.15, 0.2) is 0 Å². The van der Waals surface area contributed by atoms with Crippen LogP contribution in [0.3, 0.4) is 0 Å². The summed E-state index contributed by atoms with van der Waals surface area (Å²) in [4.78, 5) is 25.6. The summed E-state index contributed by atoms with van der Waals surface area (Å²) in [5.41, 5.74) is 0. The fraction of sp³-hybridized carbons (Fsp3) is 0.688. The Morgan fingerprint density at radius 3 is 2.32 bits per heavy atom. The summed E-state index contributed by atoms with van der Waals surface area (Å²) in [7, 11) is 0. The van der Waals surface area contributed by atoms with Crippen LogP contribution >= 0.6 is 0 Å². The number of carbonyl (C=O) groups is 1. The highest BCUT2D eigenvalue weighted by molar-refractivity contribution is 5.79. The zero-order valence-corrected chi connectivity index (χ0v) is 12.7. The maximum atomic E-state index is 12.6. The lowest BCUT2D eigenvalue weighted by atomic mass is 9.99. The molecule has 1 aromatic rings. The first-order chi connectivity index (χ1) is 10.8. The van der Waals surface area contributed by atoms with E-state index in [9.17, 15) is 4.79 Å². The zero-order chi connectivity index (χ0) is 14.9. The molecular weight excluding hydrogens is 280 g/mol. The van der Waals surface area contributed by atoms with Crippen molar-refractivity contribution in [2.24, 2.45) is 17.8 Å². The SMILES string of the molecule is O=C(C1CCOCC1)N1C[C@H]2CN(c3ncccn3)C[C@@H]2C1. The molecule has 1 amide bonds. The molecule has 0 aromatic carbocycles. The molecule has 3 aliphatic heterocycles. The number of rotatable bonds is 2. The molecule has 0 bridgehead atoms. The molecule has 0 aliphatic carbocycles. The van der Waals surface area contributed by atoms with E-state index in [0.717, 1.165) is 58.2 Å². The van der Waals surface area contributed by atoms with Crippen LogP contribution in [0.4, 0.5) is 5.95 Å². The van der Waals surface area contributed by atoms with Crippen molar-refractivity contribution in [2.45, 2.75) is 12.8 Å². The van der Waals surface area contributed by atoms with Crippen LogP contribution in [-0.4, -0.2) is 60.2 Å². The highest BCUT2D eigenvalue weighted by Gasteiger charge is 2.43. The molecule has 2 atom stereocenters. The van der Waals surface area contributed by atoms with E-state index in [0.29, 0.717) is 17.7 Å². The molecule has 3 fully saturated rings. The molecule has 3 aliphatic rings. The number of aromatic nitrogens is 2. The molecule has 0 spiro atoms. The number of hydrogen-bond donors (Lipinski definition) is 0. The largest absolute Gasteiger partial charge is 0.381 e. The minimum atomic E-state index is 0.182. The first kappa shape index (κ1) is 13.9. The number of ether oxygens (including phenoxy) is 1. The van der Waals surface area contributed by atoms with E-state index in [2.05, 4.69) is 19.8 Å². The minimum Gasteiger partial charge on any atom is -0.381 e. The van der Waals surface area contributed by atoms with E-state index in [1.54, 1.807) is 12.4 Å². The average Bonchev–Trinajstić information content (AvgIpc) is 3.15. The van der Waals surface area contributed by atoms with Crippen molar-refractivity contribution in [1.82, 2.24) is 14.9 Å². The summed E-state index contributed by atoms with van der Waals surface area (Å²) < 4.78 is 5.36. The summed E-state index contributed by atoms with van der Waals surface area (Å²) in [6.45, 7) is 5.18. The molecule has 0 N–H and O–H groups in total. The Morgan fingerprint density at radius 1 is 1.05 bits per heavy atom. The second kappa shape index (κ2) is 5.83. The van der Waals surface area contributed by atoms with Crippen molar-refractivity contribution in [2.75, 3.05) is 44.3 Å². The molecule has 6 heteroatoms. The van der Waals surface area contributed by atoms with Gasteiger partial charge in [-0.3, -0.25) is 4.79 Å². The fourth-order valence-corrected chi connectivity index (χ4v) is 3.99. The van der Waals surface area contributed by atoms with Gasteiger partial charge in [-0.1, -0.05) is 0 Å². The molecule has 0 radical (unpaired) electrons. The fourth-order valence-electron chi connectivity index (χ4n) is 3.99. The summed E-state index contributed by atoms with van der Waals surface area (Å²) in [6, 6.07) is 1.84. The number of amides is 1. The monoisotopic (exact) mass is 302 g/mol. The summed E-state index contributed by atoms with van der Waals surface area (Å²) in [5, 5.41) is 0. The van der Waals surface area contributed by atoms with Gasteiger partial charge >= 0.3 is 0 Å². The van der Waals surface area contributed by atoms with Gasteiger partial charge in [0.25, 0.3) is 0 Å². The molecule has 4 heterocycles. The molecule has 1 aromatic heterocycles. The Hall–Kier alpha value is -1.69. The van der Waals surface area contributed by atoms with E-state index in [-0.39, 0.29) is 5.92 Å². The third kappa shape index (κ3) is 2.56. The number of fused-ring (bicyclic) bond motifs is 1. The molecule has 0 saturated carbocycles. The van der Waals surface area contributed by atoms with Crippen molar-refractivity contribution in [3.63, 3.8) is 0 Å². The Labute approximate surface area is 130 Å². The van der Waals surface area contributed by atoms with Crippen molar-refractivity contribution < 1.29 is 9.53 Å². The average molecular weight is 302 g/mol. The van der Waals surface area contributed by atoms with Crippen LogP contribution in [0.15, 0.2) is 18.5 Å². The van der Waals surface area contributed by atoms with Crippen molar-refractivity contribution in [3.05, 3.63) is 18.5 Å². The number of anilines is 1. The van der Waals surface area contributed by atoms with Crippen LogP contribution in [0.1, 0.15) is 12.8 Å². The standard InChI is InChI=1S/C16H22N4O2/c21-15(12-2-6-22-7-3-12)19-8-13-10-20(11-14(13)9-19)16-17-4-1-5-18-16/h1,4-5,12-14H,2-3,6-11H2/t13-,14-/m0/s1. The summed E-state index contributed by atoms with van der Waals surface area (Å²) in [6.07, 6.45) is 5.35. The predicted molar refractivity (Wildman–Crippen MR) is 81.3 cm³/mol. The van der Waals surface area contributed by atoms with Gasteiger partial charge in [-0.2, -0.15) is 0 Å². The van der Waals surface area contributed by atoms with E-state index in [1.165, 1.54) is 0 Å². The van der Waals surface area contributed by atoms with E-state index in [4.69, 9.17) is 4.74 Å². The number of carbonyl (C=O) groups excluding carboxylic acids is 1. The van der Waals surface area contributed by atoms with Gasteiger partial charge in [0, 0.05) is 69.5 Å². The van der Waals surface area contributed by atoms with Gasteiger partial charge in [-0.05, 0) is 18.9 Å². The normalized spacial score (nSPS) is 28.9. The van der Waals surface area contributed by atoms with Crippen LogP contribution < -0.4 is 4.90 Å². The lowest BCUT2D eigenvalue weighted by Gasteiger charge is -2.27. The van der Waals surface area contributed by atoms with E-state index < -0.39 is 0 Å².